The van der Waals surface area contributed by atoms with Crippen molar-refractivity contribution in [1.29, 1.82) is 0 Å². The van der Waals surface area contributed by atoms with Gasteiger partial charge in [0.05, 0.1) is 11.8 Å². The van der Waals surface area contributed by atoms with E-state index >= 15 is 0 Å². The summed E-state index contributed by atoms with van der Waals surface area (Å²) in [7, 11) is 1.81. The number of benzene rings is 1. The third-order valence-electron chi connectivity index (χ3n) is 3.08. The number of amides is 1. The first-order chi connectivity index (χ1) is 7.50. The maximum absolute atomic E-state index is 11.5. The fourth-order valence-corrected chi connectivity index (χ4v) is 2.18. The Bertz CT molecular complexity index is 428. The number of halogens is 1. The molecular weight excluding hydrogens is 222 g/mol. The Kier molecular flexibility index (Phi) is 2.94. The molecule has 0 saturated carbocycles. The molecular formula is C13H16ClNO. The van der Waals surface area contributed by atoms with E-state index in [0.29, 0.717) is 12.3 Å². The standard InChI is InChI=1S/C13H16ClNO/c1-8(2)13(14)9-4-5-11-10(6-9)7-12(16)15(11)3/h4-6,8,13H,7H2,1-3H3. The Morgan fingerprint density at radius 1 is 1.38 bits per heavy atom. The molecule has 0 aliphatic carbocycles. The number of rotatable bonds is 2. The van der Waals surface area contributed by atoms with Crippen LogP contribution in [-0.4, -0.2) is 13.0 Å². The maximum Gasteiger partial charge on any atom is 0.231 e. The summed E-state index contributed by atoms with van der Waals surface area (Å²) < 4.78 is 0. The molecule has 2 rings (SSSR count). The predicted octanol–water partition coefficient (Wildman–Crippen LogP) is 3.14. The van der Waals surface area contributed by atoms with Crippen molar-refractivity contribution in [1.82, 2.24) is 0 Å². The summed E-state index contributed by atoms with van der Waals surface area (Å²) in [6.07, 6.45) is 0.501. The topological polar surface area (TPSA) is 20.3 Å². The van der Waals surface area contributed by atoms with Crippen LogP contribution in [0.25, 0.3) is 0 Å². The lowest BCUT2D eigenvalue weighted by atomic mass is 9.99. The van der Waals surface area contributed by atoms with Gasteiger partial charge in [-0.2, -0.15) is 0 Å². The first-order valence-electron chi connectivity index (χ1n) is 5.54. The quantitative estimate of drug-likeness (QED) is 0.724. The summed E-state index contributed by atoms with van der Waals surface area (Å²) in [6, 6.07) is 6.08. The second-order valence-electron chi connectivity index (χ2n) is 4.66. The number of anilines is 1. The maximum atomic E-state index is 11.5. The van der Waals surface area contributed by atoms with E-state index in [1.165, 1.54) is 0 Å². The number of carbonyl (C=O) groups excluding carboxylic acids is 1. The zero-order chi connectivity index (χ0) is 11.9. The number of hydrogen-bond acceptors (Lipinski definition) is 1. The molecule has 1 aliphatic heterocycles. The zero-order valence-corrected chi connectivity index (χ0v) is 10.6. The Hall–Kier alpha value is -1.02. The van der Waals surface area contributed by atoms with E-state index in [-0.39, 0.29) is 11.3 Å². The average Bonchev–Trinajstić information content (AvgIpc) is 2.53. The molecule has 0 fully saturated rings. The molecule has 0 radical (unpaired) electrons. The van der Waals surface area contributed by atoms with Crippen LogP contribution in [0.5, 0.6) is 0 Å². The third kappa shape index (κ3) is 1.82. The van der Waals surface area contributed by atoms with Gasteiger partial charge in [-0.25, -0.2) is 0 Å². The van der Waals surface area contributed by atoms with E-state index in [9.17, 15) is 4.79 Å². The summed E-state index contributed by atoms with van der Waals surface area (Å²) in [6.45, 7) is 4.20. The van der Waals surface area contributed by atoms with E-state index in [1.54, 1.807) is 4.90 Å². The second kappa shape index (κ2) is 4.10. The lowest BCUT2D eigenvalue weighted by Crippen LogP contribution is -2.20. The fourth-order valence-electron chi connectivity index (χ4n) is 2.05. The van der Waals surface area contributed by atoms with E-state index < -0.39 is 0 Å². The highest BCUT2D eigenvalue weighted by atomic mass is 35.5. The first kappa shape index (κ1) is 11.5. The Balaban J connectivity index is 2.35. The minimum Gasteiger partial charge on any atom is -0.315 e. The number of fused-ring (bicyclic) bond motifs is 1. The van der Waals surface area contributed by atoms with Crippen molar-refractivity contribution in [3.05, 3.63) is 29.3 Å². The van der Waals surface area contributed by atoms with Crippen LogP contribution in [0.4, 0.5) is 5.69 Å². The highest BCUT2D eigenvalue weighted by Gasteiger charge is 2.25. The molecule has 16 heavy (non-hydrogen) atoms. The highest BCUT2D eigenvalue weighted by molar-refractivity contribution is 6.21. The van der Waals surface area contributed by atoms with Gasteiger partial charge in [-0.05, 0) is 23.1 Å². The van der Waals surface area contributed by atoms with Crippen LogP contribution in [0, 0.1) is 5.92 Å². The number of carbonyl (C=O) groups is 1. The van der Waals surface area contributed by atoms with E-state index in [0.717, 1.165) is 16.8 Å². The van der Waals surface area contributed by atoms with Crippen LogP contribution in [0.3, 0.4) is 0 Å². The van der Waals surface area contributed by atoms with Crippen molar-refractivity contribution < 1.29 is 4.79 Å². The SMILES string of the molecule is CC(C)C(Cl)c1ccc2c(c1)CC(=O)N2C. The van der Waals surface area contributed by atoms with Gasteiger partial charge in [-0.1, -0.05) is 26.0 Å². The molecule has 1 heterocycles. The van der Waals surface area contributed by atoms with Gasteiger partial charge in [0, 0.05) is 12.7 Å². The van der Waals surface area contributed by atoms with Crippen LogP contribution in [0.2, 0.25) is 0 Å². The number of likely N-dealkylation sites (N-methyl/N-ethyl adjacent to an activating group) is 1. The lowest BCUT2D eigenvalue weighted by Gasteiger charge is -2.15. The molecule has 1 amide bonds. The van der Waals surface area contributed by atoms with Gasteiger partial charge >= 0.3 is 0 Å². The first-order valence-corrected chi connectivity index (χ1v) is 5.98. The van der Waals surface area contributed by atoms with Crippen molar-refractivity contribution in [2.24, 2.45) is 5.92 Å². The lowest BCUT2D eigenvalue weighted by molar-refractivity contribution is -0.117. The predicted molar refractivity (Wildman–Crippen MR) is 67.0 cm³/mol. The van der Waals surface area contributed by atoms with E-state index in [2.05, 4.69) is 19.9 Å². The van der Waals surface area contributed by atoms with Crippen LogP contribution >= 0.6 is 11.6 Å². The molecule has 86 valence electrons. The Morgan fingerprint density at radius 3 is 2.69 bits per heavy atom. The molecule has 0 N–H and O–H groups in total. The zero-order valence-electron chi connectivity index (χ0n) is 9.83. The second-order valence-corrected chi connectivity index (χ2v) is 5.13. The normalized spacial score (nSPS) is 16.8. The van der Waals surface area contributed by atoms with Crippen molar-refractivity contribution in [2.75, 3.05) is 11.9 Å². The van der Waals surface area contributed by atoms with E-state index in [1.807, 2.05) is 19.2 Å². The van der Waals surface area contributed by atoms with Gasteiger partial charge < -0.3 is 4.90 Å². The largest absolute Gasteiger partial charge is 0.315 e. The summed E-state index contributed by atoms with van der Waals surface area (Å²) >= 11 is 6.32. The van der Waals surface area contributed by atoms with Crippen LogP contribution in [0.1, 0.15) is 30.4 Å². The van der Waals surface area contributed by atoms with Gasteiger partial charge in [0.1, 0.15) is 0 Å². The number of nitrogens with zero attached hydrogens (tertiary/aromatic N) is 1. The van der Waals surface area contributed by atoms with Crippen LogP contribution < -0.4 is 4.90 Å². The number of hydrogen-bond donors (Lipinski definition) is 0. The third-order valence-corrected chi connectivity index (χ3v) is 3.84. The van der Waals surface area contributed by atoms with Gasteiger partial charge in [-0.15, -0.1) is 11.6 Å². The molecule has 0 bridgehead atoms. The summed E-state index contributed by atoms with van der Waals surface area (Å²) in [5.41, 5.74) is 3.22. The van der Waals surface area contributed by atoms with Gasteiger partial charge in [0.25, 0.3) is 0 Å². The summed E-state index contributed by atoms with van der Waals surface area (Å²) in [5.74, 6) is 0.553. The molecule has 1 atom stereocenters. The highest BCUT2D eigenvalue weighted by Crippen LogP contribution is 2.34. The van der Waals surface area contributed by atoms with Crippen molar-refractivity contribution >= 4 is 23.2 Å². The minimum atomic E-state index is 0.0197. The van der Waals surface area contributed by atoms with Crippen molar-refractivity contribution in [3.63, 3.8) is 0 Å². The molecule has 0 saturated heterocycles. The molecule has 1 aromatic carbocycles. The summed E-state index contributed by atoms with van der Waals surface area (Å²) in [5, 5.41) is 0.0197. The molecule has 1 aliphatic rings. The molecule has 2 nitrogen and oxygen atoms in total. The van der Waals surface area contributed by atoms with Crippen LogP contribution in [0.15, 0.2) is 18.2 Å². The van der Waals surface area contributed by atoms with E-state index in [4.69, 9.17) is 11.6 Å². The smallest absolute Gasteiger partial charge is 0.231 e. The molecule has 3 heteroatoms. The minimum absolute atomic E-state index is 0.0197. The molecule has 0 aromatic heterocycles. The molecule has 0 spiro atoms. The Morgan fingerprint density at radius 2 is 2.06 bits per heavy atom. The number of alkyl halides is 1. The fraction of sp³-hybridized carbons (Fsp3) is 0.462. The van der Waals surface area contributed by atoms with Gasteiger partial charge in [0.2, 0.25) is 5.91 Å². The summed E-state index contributed by atoms with van der Waals surface area (Å²) in [4.78, 5) is 13.2. The van der Waals surface area contributed by atoms with Crippen LogP contribution in [-0.2, 0) is 11.2 Å². The molecule has 1 unspecified atom stereocenters. The molecule has 1 aromatic rings. The van der Waals surface area contributed by atoms with Crippen molar-refractivity contribution in [3.8, 4) is 0 Å². The van der Waals surface area contributed by atoms with Gasteiger partial charge in [0.15, 0.2) is 0 Å². The van der Waals surface area contributed by atoms with Crippen molar-refractivity contribution in [2.45, 2.75) is 25.6 Å². The average molecular weight is 238 g/mol. The van der Waals surface area contributed by atoms with Gasteiger partial charge in [-0.3, -0.25) is 4.79 Å². The Labute approximate surface area is 101 Å². The monoisotopic (exact) mass is 237 g/mol.